The predicted molar refractivity (Wildman–Crippen MR) is 109 cm³/mol. The first kappa shape index (κ1) is 21.8. The summed E-state index contributed by atoms with van der Waals surface area (Å²) in [5.74, 6) is 0.906. The van der Waals surface area contributed by atoms with Gasteiger partial charge in [0.1, 0.15) is 12.4 Å². The SMILES string of the molecule is CCNc1nc(NCC)nc(OCCNC(=O)COc2ccc(Cl)cc2Cl)n1. The van der Waals surface area contributed by atoms with Crippen LogP contribution >= 0.6 is 23.2 Å². The van der Waals surface area contributed by atoms with Gasteiger partial charge in [-0.2, -0.15) is 15.0 Å². The van der Waals surface area contributed by atoms with Crippen LogP contribution < -0.4 is 25.4 Å². The molecule has 1 amide bonds. The molecule has 28 heavy (non-hydrogen) atoms. The molecule has 1 aromatic carbocycles. The minimum absolute atomic E-state index is 0.167. The Hall–Kier alpha value is -2.52. The standard InChI is InChI=1S/C17H22Cl2N6O3/c1-3-20-15-23-16(21-4-2)25-17(24-15)27-8-7-22-14(26)10-28-13-6-5-11(18)9-12(13)19/h5-6,9H,3-4,7-8,10H2,1-2H3,(H,22,26)(H2,20,21,23,24,25). The molecule has 0 saturated heterocycles. The monoisotopic (exact) mass is 428 g/mol. The number of aromatic nitrogens is 3. The van der Waals surface area contributed by atoms with Crippen LogP contribution in [0.25, 0.3) is 0 Å². The molecule has 0 fully saturated rings. The summed E-state index contributed by atoms with van der Waals surface area (Å²) in [6, 6.07) is 4.95. The normalized spacial score (nSPS) is 10.3. The fraction of sp³-hybridized carbons (Fsp3) is 0.412. The first-order chi connectivity index (χ1) is 13.5. The molecule has 0 atom stereocenters. The van der Waals surface area contributed by atoms with Crippen molar-refractivity contribution >= 4 is 41.0 Å². The Morgan fingerprint density at radius 1 is 1.04 bits per heavy atom. The van der Waals surface area contributed by atoms with Crippen molar-refractivity contribution in [2.45, 2.75) is 13.8 Å². The van der Waals surface area contributed by atoms with Crippen molar-refractivity contribution in [3.63, 3.8) is 0 Å². The van der Waals surface area contributed by atoms with E-state index < -0.39 is 0 Å². The van der Waals surface area contributed by atoms with Crippen LogP contribution in [-0.4, -0.2) is 53.7 Å². The molecule has 9 nitrogen and oxygen atoms in total. The van der Waals surface area contributed by atoms with Crippen molar-refractivity contribution in [2.75, 3.05) is 43.5 Å². The van der Waals surface area contributed by atoms with Crippen LogP contribution in [0.1, 0.15) is 13.8 Å². The topological polar surface area (TPSA) is 110 Å². The van der Waals surface area contributed by atoms with Crippen LogP contribution in [0.15, 0.2) is 18.2 Å². The van der Waals surface area contributed by atoms with Gasteiger partial charge >= 0.3 is 6.01 Å². The maximum absolute atomic E-state index is 11.9. The highest BCUT2D eigenvalue weighted by atomic mass is 35.5. The zero-order valence-electron chi connectivity index (χ0n) is 15.6. The Morgan fingerprint density at radius 2 is 1.71 bits per heavy atom. The number of halogens is 2. The maximum atomic E-state index is 11.9. The first-order valence-corrected chi connectivity index (χ1v) is 9.48. The van der Waals surface area contributed by atoms with Gasteiger partial charge in [-0.3, -0.25) is 4.79 Å². The number of hydrogen-bond donors (Lipinski definition) is 3. The zero-order valence-corrected chi connectivity index (χ0v) is 17.1. The van der Waals surface area contributed by atoms with E-state index in [0.717, 1.165) is 0 Å². The third-order valence-electron chi connectivity index (χ3n) is 3.19. The van der Waals surface area contributed by atoms with Crippen molar-refractivity contribution < 1.29 is 14.3 Å². The molecule has 152 valence electrons. The lowest BCUT2D eigenvalue weighted by atomic mass is 10.3. The number of amides is 1. The Morgan fingerprint density at radius 3 is 2.32 bits per heavy atom. The van der Waals surface area contributed by atoms with Crippen LogP contribution in [-0.2, 0) is 4.79 Å². The van der Waals surface area contributed by atoms with Crippen LogP contribution in [0, 0.1) is 0 Å². The molecule has 0 aliphatic rings. The predicted octanol–water partition coefficient (Wildman–Crippen LogP) is 2.62. The number of nitrogens with zero attached hydrogens (tertiary/aromatic N) is 3. The molecule has 1 heterocycles. The van der Waals surface area contributed by atoms with E-state index in [0.29, 0.717) is 40.8 Å². The van der Waals surface area contributed by atoms with Crippen molar-refractivity contribution in [1.29, 1.82) is 0 Å². The summed E-state index contributed by atoms with van der Waals surface area (Å²) in [6.07, 6.45) is 0. The number of benzene rings is 1. The van der Waals surface area contributed by atoms with Gasteiger partial charge < -0.3 is 25.4 Å². The smallest absolute Gasteiger partial charge is 0.323 e. The second-order valence-electron chi connectivity index (χ2n) is 5.39. The second kappa shape index (κ2) is 11.4. The number of rotatable bonds is 11. The minimum Gasteiger partial charge on any atom is -0.482 e. The van der Waals surface area contributed by atoms with Gasteiger partial charge in [0.15, 0.2) is 6.61 Å². The molecular weight excluding hydrogens is 407 g/mol. The van der Waals surface area contributed by atoms with Crippen molar-refractivity contribution in [3.05, 3.63) is 28.2 Å². The van der Waals surface area contributed by atoms with Crippen LogP contribution in [0.5, 0.6) is 11.8 Å². The molecule has 3 N–H and O–H groups in total. The lowest BCUT2D eigenvalue weighted by Crippen LogP contribution is -2.32. The van der Waals surface area contributed by atoms with Gasteiger partial charge in [-0.25, -0.2) is 0 Å². The summed E-state index contributed by atoms with van der Waals surface area (Å²) in [5.41, 5.74) is 0. The van der Waals surface area contributed by atoms with Gasteiger partial charge in [-0.05, 0) is 32.0 Å². The number of nitrogens with one attached hydrogen (secondary N) is 3. The van der Waals surface area contributed by atoms with Gasteiger partial charge in [0.05, 0.1) is 11.6 Å². The van der Waals surface area contributed by atoms with Crippen molar-refractivity contribution in [2.24, 2.45) is 0 Å². The largest absolute Gasteiger partial charge is 0.482 e. The summed E-state index contributed by atoms with van der Waals surface area (Å²) >= 11 is 11.8. The maximum Gasteiger partial charge on any atom is 0.323 e. The van der Waals surface area contributed by atoms with E-state index in [9.17, 15) is 4.79 Å². The van der Waals surface area contributed by atoms with E-state index in [-0.39, 0.29) is 31.7 Å². The Bertz CT molecular complexity index is 769. The summed E-state index contributed by atoms with van der Waals surface area (Å²) in [6.45, 7) is 5.48. The van der Waals surface area contributed by atoms with E-state index in [2.05, 4.69) is 30.9 Å². The number of hydrogen-bond acceptors (Lipinski definition) is 8. The van der Waals surface area contributed by atoms with Crippen LogP contribution in [0.2, 0.25) is 10.0 Å². The third kappa shape index (κ3) is 7.24. The molecule has 11 heteroatoms. The third-order valence-corrected chi connectivity index (χ3v) is 3.72. The van der Waals surface area contributed by atoms with Crippen molar-refractivity contribution in [1.82, 2.24) is 20.3 Å². The molecule has 0 unspecified atom stereocenters. The fourth-order valence-electron chi connectivity index (χ4n) is 2.01. The highest BCUT2D eigenvalue weighted by molar-refractivity contribution is 6.35. The van der Waals surface area contributed by atoms with E-state index in [1.807, 2.05) is 13.8 Å². The molecule has 0 aliphatic carbocycles. The highest BCUT2D eigenvalue weighted by Crippen LogP contribution is 2.27. The molecular formula is C17H22Cl2N6O3. The van der Waals surface area contributed by atoms with Gasteiger partial charge in [-0.15, -0.1) is 0 Å². The van der Waals surface area contributed by atoms with Crippen molar-refractivity contribution in [3.8, 4) is 11.8 Å². The number of anilines is 2. The van der Waals surface area contributed by atoms with E-state index in [4.69, 9.17) is 32.7 Å². The van der Waals surface area contributed by atoms with Gasteiger partial charge in [-0.1, -0.05) is 23.2 Å². The molecule has 1 aromatic heterocycles. The molecule has 0 spiro atoms. The van der Waals surface area contributed by atoms with Gasteiger partial charge in [0.25, 0.3) is 5.91 Å². The summed E-state index contributed by atoms with van der Waals surface area (Å²) in [5, 5.41) is 9.52. The molecule has 0 radical (unpaired) electrons. The number of carbonyl (C=O) groups is 1. The molecule has 2 aromatic rings. The van der Waals surface area contributed by atoms with Crippen LogP contribution in [0.4, 0.5) is 11.9 Å². The summed E-state index contributed by atoms with van der Waals surface area (Å²) in [7, 11) is 0. The number of carbonyl (C=O) groups excluding carboxylic acids is 1. The Kier molecular flexibility index (Phi) is 8.83. The van der Waals surface area contributed by atoms with E-state index >= 15 is 0 Å². The Balaban J connectivity index is 1.76. The fourth-order valence-corrected chi connectivity index (χ4v) is 2.48. The second-order valence-corrected chi connectivity index (χ2v) is 6.23. The van der Waals surface area contributed by atoms with E-state index in [1.165, 1.54) is 0 Å². The van der Waals surface area contributed by atoms with Gasteiger partial charge in [0, 0.05) is 18.1 Å². The summed E-state index contributed by atoms with van der Waals surface area (Å²) < 4.78 is 10.9. The van der Waals surface area contributed by atoms with Gasteiger partial charge in [0.2, 0.25) is 11.9 Å². The minimum atomic E-state index is -0.313. The van der Waals surface area contributed by atoms with E-state index in [1.54, 1.807) is 18.2 Å². The first-order valence-electron chi connectivity index (χ1n) is 8.73. The lowest BCUT2D eigenvalue weighted by molar-refractivity contribution is -0.123. The zero-order chi connectivity index (χ0) is 20.4. The van der Waals surface area contributed by atoms with Crippen LogP contribution in [0.3, 0.4) is 0 Å². The Labute approximate surface area is 173 Å². The highest BCUT2D eigenvalue weighted by Gasteiger charge is 2.08. The number of ether oxygens (including phenoxy) is 2. The summed E-state index contributed by atoms with van der Waals surface area (Å²) in [4.78, 5) is 24.4. The quantitative estimate of drug-likeness (QED) is 0.468. The average Bonchev–Trinajstić information content (AvgIpc) is 2.65. The molecule has 0 bridgehead atoms. The average molecular weight is 429 g/mol. The molecule has 0 aliphatic heterocycles. The lowest BCUT2D eigenvalue weighted by Gasteiger charge is -2.10. The molecule has 0 saturated carbocycles. The molecule has 2 rings (SSSR count).